The smallest absolute Gasteiger partial charge is 0.319 e. The van der Waals surface area contributed by atoms with Crippen molar-refractivity contribution in [3.05, 3.63) is 36.0 Å². The molecule has 1 atom stereocenters. The topological polar surface area (TPSA) is 74.3 Å². The van der Waals surface area contributed by atoms with Gasteiger partial charge in [0.05, 0.1) is 17.2 Å². The van der Waals surface area contributed by atoms with Crippen molar-refractivity contribution in [2.75, 3.05) is 18.9 Å². The summed E-state index contributed by atoms with van der Waals surface area (Å²) in [5.74, 6) is 0.0488. The second kappa shape index (κ2) is 5.63. The lowest BCUT2D eigenvalue weighted by Crippen LogP contribution is -2.39. The monoisotopic (exact) mass is 298 g/mol. The number of fused-ring (bicyclic) bond motifs is 1. The molecule has 2 aromatic rings. The number of carbonyl (C=O) groups is 2. The zero-order valence-corrected chi connectivity index (χ0v) is 12.6. The predicted octanol–water partition coefficient (Wildman–Crippen LogP) is 1.90. The van der Waals surface area contributed by atoms with Gasteiger partial charge < -0.3 is 15.5 Å². The zero-order valence-electron chi connectivity index (χ0n) is 12.6. The van der Waals surface area contributed by atoms with E-state index in [1.807, 2.05) is 37.3 Å². The molecule has 1 aromatic carbocycles. The van der Waals surface area contributed by atoms with Crippen LogP contribution >= 0.6 is 0 Å². The van der Waals surface area contributed by atoms with Crippen LogP contribution in [0.1, 0.15) is 12.1 Å². The average Bonchev–Trinajstić information content (AvgIpc) is 2.77. The highest BCUT2D eigenvalue weighted by molar-refractivity contribution is 5.99. The summed E-state index contributed by atoms with van der Waals surface area (Å²) in [4.78, 5) is 29.7. The second-order valence-electron chi connectivity index (χ2n) is 5.60. The number of amides is 3. The number of hydrogen-bond acceptors (Lipinski definition) is 3. The van der Waals surface area contributed by atoms with E-state index in [1.54, 1.807) is 11.9 Å². The van der Waals surface area contributed by atoms with Crippen LogP contribution in [0.25, 0.3) is 10.9 Å². The van der Waals surface area contributed by atoms with E-state index in [-0.39, 0.29) is 18.0 Å². The summed E-state index contributed by atoms with van der Waals surface area (Å²) < 4.78 is 0. The molecule has 1 fully saturated rings. The molecule has 0 radical (unpaired) electrons. The highest BCUT2D eigenvalue weighted by atomic mass is 16.2. The minimum atomic E-state index is -0.316. The number of para-hydroxylation sites is 1. The van der Waals surface area contributed by atoms with Crippen LogP contribution in [0.5, 0.6) is 0 Å². The summed E-state index contributed by atoms with van der Waals surface area (Å²) in [6, 6.07) is 9.10. The minimum Gasteiger partial charge on any atom is -0.344 e. The molecule has 1 aliphatic rings. The van der Waals surface area contributed by atoms with Gasteiger partial charge in [0.1, 0.15) is 0 Å². The van der Waals surface area contributed by atoms with Gasteiger partial charge in [0.15, 0.2) is 0 Å². The Morgan fingerprint density at radius 2 is 2.14 bits per heavy atom. The lowest BCUT2D eigenvalue weighted by Gasteiger charge is -2.14. The molecule has 1 saturated heterocycles. The van der Waals surface area contributed by atoms with E-state index < -0.39 is 0 Å². The summed E-state index contributed by atoms with van der Waals surface area (Å²) in [5, 5.41) is 6.62. The summed E-state index contributed by atoms with van der Waals surface area (Å²) in [5.41, 5.74) is 2.32. The lowest BCUT2D eigenvalue weighted by atomic mass is 10.2. The van der Waals surface area contributed by atoms with Crippen LogP contribution < -0.4 is 10.6 Å². The quantitative estimate of drug-likeness (QED) is 0.889. The van der Waals surface area contributed by atoms with Crippen molar-refractivity contribution in [2.24, 2.45) is 0 Å². The largest absolute Gasteiger partial charge is 0.344 e. The first kappa shape index (κ1) is 14.3. The molecule has 3 rings (SSSR count). The van der Waals surface area contributed by atoms with E-state index in [9.17, 15) is 9.59 Å². The Morgan fingerprint density at radius 1 is 1.32 bits per heavy atom. The van der Waals surface area contributed by atoms with Crippen LogP contribution in [0.4, 0.5) is 10.5 Å². The number of likely N-dealkylation sites (tertiary alicyclic amines) is 1. The SMILES string of the molecule is Cc1ccc2cccc(NC(=O)NC3CC(=O)N(C)C3)c2n1. The average molecular weight is 298 g/mol. The fraction of sp³-hybridized carbons (Fsp3) is 0.312. The third-order valence-electron chi connectivity index (χ3n) is 3.78. The summed E-state index contributed by atoms with van der Waals surface area (Å²) in [6.45, 7) is 2.45. The van der Waals surface area contributed by atoms with Gasteiger partial charge in [-0.05, 0) is 19.1 Å². The predicted molar refractivity (Wildman–Crippen MR) is 84.7 cm³/mol. The number of aryl methyl sites for hydroxylation is 1. The maximum Gasteiger partial charge on any atom is 0.319 e. The Kier molecular flexibility index (Phi) is 3.66. The molecule has 114 valence electrons. The number of aromatic nitrogens is 1. The van der Waals surface area contributed by atoms with Crippen molar-refractivity contribution >= 4 is 28.5 Å². The highest BCUT2D eigenvalue weighted by Crippen LogP contribution is 2.21. The van der Waals surface area contributed by atoms with Crippen LogP contribution in [0.3, 0.4) is 0 Å². The molecule has 1 aromatic heterocycles. The standard InChI is InChI=1S/C16H18N4O2/c1-10-6-7-11-4-3-5-13(15(11)17-10)19-16(22)18-12-8-14(21)20(2)9-12/h3-7,12H,8-9H2,1-2H3,(H2,18,19,22). The third kappa shape index (κ3) is 2.86. The van der Waals surface area contributed by atoms with Gasteiger partial charge in [-0.15, -0.1) is 0 Å². The number of nitrogens with zero attached hydrogens (tertiary/aromatic N) is 2. The fourth-order valence-electron chi connectivity index (χ4n) is 2.65. The molecule has 3 amide bonds. The zero-order chi connectivity index (χ0) is 15.7. The maximum absolute atomic E-state index is 12.1. The van der Waals surface area contributed by atoms with Crippen molar-refractivity contribution in [2.45, 2.75) is 19.4 Å². The van der Waals surface area contributed by atoms with Gasteiger partial charge in [-0.3, -0.25) is 9.78 Å². The molecule has 1 unspecified atom stereocenters. The van der Waals surface area contributed by atoms with Crippen LogP contribution in [0, 0.1) is 6.92 Å². The molecule has 22 heavy (non-hydrogen) atoms. The molecule has 2 heterocycles. The summed E-state index contributed by atoms with van der Waals surface area (Å²) in [7, 11) is 1.74. The molecule has 2 N–H and O–H groups in total. The Balaban J connectivity index is 1.74. The molecule has 0 aliphatic carbocycles. The number of pyridine rings is 1. The molecular formula is C16H18N4O2. The van der Waals surface area contributed by atoms with Gasteiger partial charge in [-0.1, -0.05) is 18.2 Å². The van der Waals surface area contributed by atoms with Crippen molar-refractivity contribution in [1.82, 2.24) is 15.2 Å². The highest BCUT2D eigenvalue weighted by Gasteiger charge is 2.27. The number of benzene rings is 1. The molecule has 0 spiro atoms. The second-order valence-corrected chi connectivity index (χ2v) is 5.60. The van der Waals surface area contributed by atoms with Crippen LogP contribution in [-0.4, -0.2) is 41.5 Å². The lowest BCUT2D eigenvalue weighted by molar-refractivity contribution is -0.126. The molecular weight excluding hydrogens is 280 g/mol. The van der Waals surface area contributed by atoms with Gasteiger partial charge >= 0.3 is 6.03 Å². The fourth-order valence-corrected chi connectivity index (χ4v) is 2.65. The summed E-state index contributed by atoms with van der Waals surface area (Å²) in [6.07, 6.45) is 0.344. The van der Waals surface area contributed by atoms with E-state index in [4.69, 9.17) is 0 Å². The Labute approximate surface area is 128 Å². The van der Waals surface area contributed by atoms with Crippen LogP contribution in [-0.2, 0) is 4.79 Å². The minimum absolute atomic E-state index is 0.0488. The van der Waals surface area contributed by atoms with Crippen LogP contribution in [0.15, 0.2) is 30.3 Å². The van der Waals surface area contributed by atoms with E-state index in [1.165, 1.54) is 0 Å². The van der Waals surface area contributed by atoms with Gasteiger partial charge in [-0.2, -0.15) is 0 Å². The number of hydrogen-bond donors (Lipinski definition) is 2. The maximum atomic E-state index is 12.1. The molecule has 6 nitrogen and oxygen atoms in total. The van der Waals surface area contributed by atoms with Crippen molar-refractivity contribution in [3.8, 4) is 0 Å². The number of nitrogens with one attached hydrogen (secondary N) is 2. The van der Waals surface area contributed by atoms with Gasteiger partial charge in [0.25, 0.3) is 0 Å². The van der Waals surface area contributed by atoms with E-state index in [0.717, 1.165) is 16.6 Å². The number of rotatable bonds is 2. The van der Waals surface area contributed by atoms with Gasteiger partial charge in [0, 0.05) is 31.1 Å². The Hall–Kier alpha value is -2.63. The molecule has 1 aliphatic heterocycles. The van der Waals surface area contributed by atoms with E-state index in [0.29, 0.717) is 18.7 Å². The first-order chi connectivity index (χ1) is 10.5. The Morgan fingerprint density at radius 3 is 2.86 bits per heavy atom. The number of carbonyl (C=O) groups excluding carboxylic acids is 2. The number of urea groups is 1. The van der Waals surface area contributed by atoms with E-state index in [2.05, 4.69) is 15.6 Å². The van der Waals surface area contributed by atoms with E-state index >= 15 is 0 Å². The third-order valence-corrected chi connectivity index (χ3v) is 3.78. The molecule has 0 saturated carbocycles. The Bertz CT molecular complexity index is 744. The van der Waals surface area contributed by atoms with Gasteiger partial charge in [0.2, 0.25) is 5.91 Å². The van der Waals surface area contributed by atoms with Gasteiger partial charge in [-0.25, -0.2) is 4.79 Å². The normalized spacial score (nSPS) is 17.8. The first-order valence-electron chi connectivity index (χ1n) is 7.21. The van der Waals surface area contributed by atoms with Crippen molar-refractivity contribution in [1.29, 1.82) is 0 Å². The first-order valence-corrected chi connectivity index (χ1v) is 7.21. The number of anilines is 1. The van der Waals surface area contributed by atoms with Crippen LogP contribution in [0.2, 0.25) is 0 Å². The van der Waals surface area contributed by atoms with Crippen molar-refractivity contribution in [3.63, 3.8) is 0 Å². The molecule has 0 bridgehead atoms. The molecule has 6 heteroatoms. The number of likely N-dealkylation sites (N-methyl/N-ethyl adjacent to an activating group) is 1. The van der Waals surface area contributed by atoms with Crippen molar-refractivity contribution < 1.29 is 9.59 Å². The summed E-state index contributed by atoms with van der Waals surface area (Å²) >= 11 is 0.